The van der Waals surface area contributed by atoms with Crippen molar-refractivity contribution in [2.24, 2.45) is 16.9 Å². The first kappa shape index (κ1) is 25.9. The number of hydrogen-bond acceptors (Lipinski definition) is 5. The number of hydrazone groups is 1. The first-order chi connectivity index (χ1) is 20.4. The molecule has 1 heterocycles. The van der Waals surface area contributed by atoms with Crippen LogP contribution in [0.5, 0.6) is 5.75 Å². The molecule has 7 heteroatoms. The maximum Gasteiger partial charge on any atom is 0.244 e. The highest BCUT2D eigenvalue weighted by atomic mass is 16.5. The third-order valence-corrected chi connectivity index (χ3v) is 8.96. The molecule has 42 heavy (non-hydrogen) atoms. The summed E-state index contributed by atoms with van der Waals surface area (Å²) in [5, 5.41) is 4.49. The number of amides is 3. The molecule has 2 bridgehead atoms. The Hall–Kier alpha value is -5.04. The summed E-state index contributed by atoms with van der Waals surface area (Å²) in [6.45, 7) is 1.97. The smallest absolute Gasteiger partial charge is 0.244 e. The van der Waals surface area contributed by atoms with Crippen molar-refractivity contribution >= 4 is 29.6 Å². The van der Waals surface area contributed by atoms with Crippen LogP contribution >= 0.6 is 0 Å². The van der Waals surface area contributed by atoms with Crippen molar-refractivity contribution in [3.63, 3.8) is 0 Å². The van der Waals surface area contributed by atoms with Crippen molar-refractivity contribution in [1.29, 1.82) is 0 Å². The topological polar surface area (TPSA) is 88.1 Å². The Kier molecular flexibility index (Phi) is 6.04. The molecular formula is C35H29N3O4. The molecule has 0 saturated carbocycles. The van der Waals surface area contributed by atoms with Crippen molar-refractivity contribution in [2.75, 3.05) is 12.0 Å². The van der Waals surface area contributed by atoms with Gasteiger partial charge < -0.3 is 4.74 Å². The highest BCUT2D eigenvalue weighted by molar-refractivity contribution is 6.25. The van der Waals surface area contributed by atoms with E-state index in [-0.39, 0.29) is 30.1 Å². The molecule has 3 aliphatic carbocycles. The minimum atomic E-state index is -1.04. The summed E-state index contributed by atoms with van der Waals surface area (Å²) in [7, 11) is 1.60. The Morgan fingerprint density at radius 3 is 2.12 bits per heavy atom. The molecule has 8 rings (SSSR count). The SMILES string of the molecule is COc1ccc(CC(=O)N/N=C\C23c4ccccc4C(c4ccccc42)[C@@H]2C(=O)N(c4ccc(C)cc4)C(=O)[C@H]23)cc1. The highest BCUT2D eigenvalue weighted by Gasteiger charge is 2.68. The summed E-state index contributed by atoms with van der Waals surface area (Å²) in [4.78, 5) is 42.9. The second-order valence-electron chi connectivity index (χ2n) is 11.2. The largest absolute Gasteiger partial charge is 0.497 e. The van der Waals surface area contributed by atoms with Gasteiger partial charge in [-0.2, -0.15) is 5.10 Å². The fourth-order valence-corrected chi connectivity index (χ4v) is 7.17. The zero-order valence-electron chi connectivity index (χ0n) is 23.3. The molecule has 1 aliphatic heterocycles. The van der Waals surface area contributed by atoms with Gasteiger partial charge in [-0.1, -0.05) is 78.4 Å². The maximum absolute atomic E-state index is 14.4. The van der Waals surface area contributed by atoms with Crippen molar-refractivity contribution in [1.82, 2.24) is 5.43 Å². The molecule has 0 radical (unpaired) electrons. The van der Waals surface area contributed by atoms with Crippen LogP contribution in [0, 0.1) is 18.8 Å². The number of nitrogens with one attached hydrogen (secondary N) is 1. The third kappa shape index (κ3) is 3.73. The number of hydrogen-bond donors (Lipinski definition) is 1. The number of rotatable bonds is 6. The van der Waals surface area contributed by atoms with Gasteiger partial charge >= 0.3 is 0 Å². The van der Waals surface area contributed by atoms with Gasteiger partial charge in [0.15, 0.2) is 0 Å². The minimum Gasteiger partial charge on any atom is -0.497 e. The fraction of sp³-hybridized carbons (Fsp3) is 0.200. The summed E-state index contributed by atoms with van der Waals surface area (Å²) in [5.41, 5.74) is 7.99. The third-order valence-electron chi connectivity index (χ3n) is 8.96. The van der Waals surface area contributed by atoms with Crippen LogP contribution in [0.4, 0.5) is 5.69 Å². The van der Waals surface area contributed by atoms with E-state index in [4.69, 9.17) is 4.74 Å². The number of carbonyl (C=O) groups excluding carboxylic acids is 3. The Morgan fingerprint density at radius 1 is 0.881 bits per heavy atom. The molecule has 0 aromatic heterocycles. The van der Waals surface area contributed by atoms with E-state index >= 15 is 0 Å². The van der Waals surface area contributed by atoms with Crippen molar-refractivity contribution < 1.29 is 19.1 Å². The number of imide groups is 1. The van der Waals surface area contributed by atoms with Gasteiger partial charge in [-0.05, 0) is 59.0 Å². The van der Waals surface area contributed by atoms with Crippen LogP contribution in [-0.2, 0) is 26.2 Å². The van der Waals surface area contributed by atoms with Crippen LogP contribution in [-0.4, -0.2) is 31.0 Å². The van der Waals surface area contributed by atoms with Gasteiger partial charge in [0, 0.05) is 12.1 Å². The molecule has 4 aliphatic rings. The quantitative estimate of drug-likeness (QED) is 0.208. The summed E-state index contributed by atoms with van der Waals surface area (Å²) in [5.74, 6) is -1.58. The average molecular weight is 556 g/mol. The van der Waals surface area contributed by atoms with Crippen LogP contribution < -0.4 is 15.1 Å². The predicted octanol–water partition coefficient (Wildman–Crippen LogP) is 4.90. The first-order valence-electron chi connectivity index (χ1n) is 14.0. The second-order valence-corrected chi connectivity index (χ2v) is 11.2. The molecule has 3 amide bonds. The molecule has 208 valence electrons. The van der Waals surface area contributed by atoms with Crippen LogP contribution in [0.15, 0.2) is 102 Å². The lowest BCUT2D eigenvalue weighted by molar-refractivity contribution is -0.123. The standard InChI is InChI=1S/C35H29N3O4/c1-21-11-15-23(16-12-21)38-33(40)31-30-25-7-3-5-9-27(25)35(32(31)34(38)41,28-10-6-4-8-26(28)30)20-36-37-29(39)19-22-13-17-24(42-2)18-14-22/h3-18,20,30-32H,19H2,1-2H3,(H,37,39)/b36-20-/t30?,31-,32-,35?/m0/s1. The normalized spacial score (nSPS) is 23.5. The number of methoxy groups -OCH3 is 1. The van der Waals surface area contributed by atoms with E-state index in [1.807, 2.05) is 104 Å². The van der Waals surface area contributed by atoms with E-state index in [9.17, 15) is 14.4 Å². The van der Waals surface area contributed by atoms with E-state index in [1.54, 1.807) is 13.3 Å². The minimum absolute atomic E-state index is 0.133. The van der Waals surface area contributed by atoms with Gasteiger partial charge in [-0.15, -0.1) is 0 Å². The number of carbonyl (C=O) groups is 3. The summed E-state index contributed by atoms with van der Waals surface area (Å²) >= 11 is 0. The van der Waals surface area contributed by atoms with Crippen molar-refractivity contribution in [3.05, 3.63) is 130 Å². The van der Waals surface area contributed by atoms with Crippen LogP contribution in [0.2, 0.25) is 0 Å². The molecule has 4 aromatic carbocycles. The second kappa shape index (κ2) is 9.80. The number of nitrogens with zero attached hydrogens (tertiary/aromatic N) is 2. The molecule has 0 spiro atoms. The van der Waals surface area contributed by atoms with E-state index in [2.05, 4.69) is 10.5 Å². The zero-order valence-corrected chi connectivity index (χ0v) is 23.3. The van der Waals surface area contributed by atoms with Crippen LogP contribution in [0.25, 0.3) is 0 Å². The molecule has 4 aromatic rings. The molecule has 7 nitrogen and oxygen atoms in total. The zero-order chi connectivity index (χ0) is 29.0. The molecule has 1 N–H and O–H groups in total. The van der Waals surface area contributed by atoms with E-state index in [0.717, 1.165) is 33.4 Å². The Bertz CT molecular complexity index is 1710. The lowest BCUT2D eigenvalue weighted by Gasteiger charge is -2.52. The highest BCUT2D eigenvalue weighted by Crippen LogP contribution is 2.63. The monoisotopic (exact) mass is 555 g/mol. The predicted molar refractivity (Wildman–Crippen MR) is 159 cm³/mol. The molecule has 1 fully saturated rings. The van der Waals surface area contributed by atoms with E-state index in [0.29, 0.717) is 11.4 Å². The Morgan fingerprint density at radius 2 is 1.50 bits per heavy atom. The molecule has 1 saturated heterocycles. The van der Waals surface area contributed by atoms with E-state index < -0.39 is 17.3 Å². The number of aryl methyl sites for hydroxylation is 1. The molecule has 0 unspecified atom stereocenters. The lowest BCUT2D eigenvalue weighted by atomic mass is 9.47. The number of ether oxygens (including phenoxy) is 1. The average Bonchev–Trinajstić information content (AvgIpc) is 3.28. The Balaban J connectivity index is 1.32. The van der Waals surface area contributed by atoms with Gasteiger partial charge in [-0.3, -0.25) is 14.4 Å². The first-order valence-corrected chi connectivity index (χ1v) is 14.0. The van der Waals surface area contributed by atoms with Crippen LogP contribution in [0.1, 0.15) is 39.3 Å². The Labute approximate surface area is 243 Å². The van der Waals surface area contributed by atoms with Crippen molar-refractivity contribution in [2.45, 2.75) is 24.7 Å². The number of anilines is 1. The van der Waals surface area contributed by atoms with E-state index in [1.165, 1.54) is 4.90 Å². The summed E-state index contributed by atoms with van der Waals surface area (Å²) < 4.78 is 5.20. The van der Waals surface area contributed by atoms with Gasteiger partial charge in [-0.25, -0.2) is 10.3 Å². The lowest BCUT2D eigenvalue weighted by Crippen LogP contribution is -2.54. The van der Waals surface area contributed by atoms with Crippen molar-refractivity contribution in [3.8, 4) is 5.75 Å². The van der Waals surface area contributed by atoms with Crippen LogP contribution in [0.3, 0.4) is 0 Å². The molecular weight excluding hydrogens is 526 g/mol. The summed E-state index contributed by atoms with van der Waals surface area (Å²) in [6.07, 6.45) is 1.82. The van der Waals surface area contributed by atoms with Gasteiger partial charge in [0.05, 0.1) is 36.5 Å². The number of benzene rings is 4. The maximum atomic E-state index is 14.4. The van der Waals surface area contributed by atoms with Gasteiger partial charge in [0.1, 0.15) is 5.75 Å². The van der Waals surface area contributed by atoms with Gasteiger partial charge in [0.25, 0.3) is 0 Å². The summed E-state index contributed by atoms with van der Waals surface area (Å²) in [6, 6.07) is 30.7. The molecule has 2 atom stereocenters. The fourth-order valence-electron chi connectivity index (χ4n) is 7.17. The van der Waals surface area contributed by atoms with Gasteiger partial charge in [0.2, 0.25) is 17.7 Å².